The fraction of sp³-hybridized carbons (Fsp3) is 0.488. The van der Waals surface area contributed by atoms with Crippen LogP contribution < -0.4 is 0 Å². The third kappa shape index (κ3) is 6.37. The molecule has 2 aromatic carbocycles. The molecule has 2 N–H and O–H groups in total. The van der Waals surface area contributed by atoms with Gasteiger partial charge in [-0.1, -0.05) is 18.2 Å². The molecule has 2 amide bonds. The first-order chi connectivity index (χ1) is 25.8. The number of hydrogen-bond donors (Lipinski definition) is 2. The van der Waals surface area contributed by atoms with Crippen LogP contribution in [0.2, 0.25) is 0 Å². The van der Waals surface area contributed by atoms with Gasteiger partial charge in [-0.05, 0) is 150 Å². The van der Waals surface area contributed by atoms with Crippen molar-refractivity contribution in [3.8, 4) is 32.1 Å². The van der Waals surface area contributed by atoms with Crippen molar-refractivity contribution in [3.05, 3.63) is 71.4 Å². The van der Waals surface area contributed by atoms with Crippen molar-refractivity contribution < 1.29 is 19.1 Å². The number of rotatable bonds is 5. The molecule has 11 heteroatoms. The number of likely N-dealkylation sites (tertiary alicyclic amines) is 2. The standard InChI is InChI=1S/C43H50N6O4S/c1-42(2,3)52-40(50)48-19-7-9-32(48)38-44-23-31(47-38)35-18-17-34(54-35)28-15-14-27(36-25-11-12-26(21-25)37(28)36)24-13-16-29-30(22-24)46-39(45-29)33-10-8-20-49(33)41(51)53-43(4,5)6/h13-18,22-23,25-26,32-33H,7-12,19-21H2,1-6H3,(H,44,47)(H,45,46)/t25?,26?,32-,33-/m0/s1. The van der Waals surface area contributed by atoms with E-state index in [4.69, 9.17) is 19.4 Å². The SMILES string of the molecule is CC(C)(C)OC(=O)N1CCC[C@H]1c1ncc(-c2ccc(-c3ccc(-c4ccc5nc([C@@H]6CCCN6C(=O)OC(C)(C)C)[nH]c5c4)c4c3C3CCC4C3)s2)[nH]1. The zero-order valence-corrected chi connectivity index (χ0v) is 32.9. The summed E-state index contributed by atoms with van der Waals surface area (Å²) in [6, 6.07) is 15.5. The summed E-state index contributed by atoms with van der Waals surface area (Å²) in [6.45, 7) is 12.8. The van der Waals surface area contributed by atoms with Gasteiger partial charge in [0.25, 0.3) is 0 Å². The van der Waals surface area contributed by atoms with Crippen LogP contribution in [0.3, 0.4) is 0 Å². The van der Waals surface area contributed by atoms with E-state index in [0.29, 0.717) is 24.9 Å². The van der Waals surface area contributed by atoms with Crippen LogP contribution in [0.15, 0.2) is 48.7 Å². The number of amides is 2. The van der Waals surface area contributed by atoms with Crippen LogP contribution in [0.4, 0.5) is 9.59 Å². The van der Waals surface area contributed by atoms with Crippen LogP contribution in [-0.4, -0.2) is 66.2 Å². The summed E-state index contributed by atoms with van der Waals surface area (Å²) >= 11 is 1.80. The van der Waals surface area contributed by atoms with Crippen LogP contribution in [0.25, 0.3) is 43.2 Å². The van der Waals surface area contributed by atoms with E-state index in [0.717, 1.165) is 58.9 Å². The van der Waals surface area contributed by atoms with E-state index in [9.17, 15) is 9.59 Å². The lowest BCUT2D eigenvalue weighted by atomic mass is 9.83. The number of benzene rings is 2. The van der Waals surface area contributed by atoms with Crippen molar-refractivity contribution in [1.29, 1.82) is 0 Å². The van der Waals surface area contributed by atoms with Crippen LogP contribution in [-0.2, 0) is 9.47 Å². The predicted octanol–water partition coefficient (Wildman–Crippen LogP) is 10.9. The smallest absolute Gasteiger partial charge is 0.410 e. The summed E-state index contributed by atoms with van der Waals surface area (Å²) < 4.78 is 11.4. The number of thiophene rings is 1. The topological polar surface area (TPSA) is 116 Å². The maximum absolute atomic E-state index is 13.0. The fourth-order valence-corrected chi connectivity index (χ4v) is 10.3. The molecule has 54 heavy (non-hydrogen) atoms. The van der Waals surface area contributed by atoms with E-state index < -0.39 is 11.2 Å². The molecule has 9 rings (SSSR count). The van der Waals surface area contributed by atoms with Crippen LogP contribution in [0, 0.1) is 0 Å². The van der Waals surface area contributed by atoms with Crippen LogP contribution >= 0.6 is 11.3 Å². The molecule has 5 heterocycles. The molecule has 282 valence electrons. The highest BCUT2D eigenvalue weighted by Crippen LogP contribution is 2.59. The number of ether oxygens (including phenoxy) is 2. The van der Waals surface area contributed by atoms with Crippen molar-refractivity contribution in [3.63, 3.8) is 0 Å². The van der Waals surface area contributed by atoms with E-state index in [-0.39, 0.29) is 24.3 Å². The minimum atomic E-state index is -0.540. The average molecular weight is 747 g/mol. The number of carbonyl (C=O) groups is 2. The summed E-state index contributed by atoms with van der Waals surface area (Å²) in [6.07, 6.45) is 8.63. The number of H-pyrrole nitrogens is 2. The summed E-state index contributed by atoms with van der Waals surface area (Å²) in [4.78, 5) is 48.9. The number of fused-ring (bicyclic) bond motifs is 6. The van der Waals surface area contributed by atoms with Crippen molar-refractivity contribution in [1.82, 2.24) is 29.7 Å². The average Bonchev–Trinajstić information content (AvgIpc) is 3.97. The van der Waals surface area contributed by atoms with Gasteiger partial charge in [-0.15, -0.1) is 11.3 Å². The van der Waals surface area contributed by atoms with E-state index in [2.05, 4.69) is 52.4 Å². The molecular formula is C43H50N6O4S. The summed E-state index contributed by atoms with van der Waals surface area (Å²) in [5.74, 6) is 2.79. The van der Waals surface area contributed by atoms with Gasteiger partial charge in [0, 0.05) is 18.0 Å². The lowest BCUT2D eigenvalue weighted by Gasteiger charge is -2.27. The van der Waals surface area contributed by atoms with Crippen molar-refractivity contribution in [2.45, 2.75) is 122 Å². The number of nitrogens with one attached hydrogen (secondary N) is 2. The molecule has 2 saturated heterocycles. The van der Waals surface area contributed by atoms with Gasteiger partial charge in [0.2, 0.25) is 0 Å². The first-order valence-electron chi connectivity index (χ1n) is 19.6. The van der Waals surface area contributed by atoms with Crippen molar-refractivity contribution in [2.24, 2.45) is 0 Å². The molecule has 10 nitrogen and oxygen atoms in total. The van der Waals surface area contributed by atoms with Gasteiger partial charge in [-0.3, -0.25) is 9.80 Å². The Balaban J connectivity index is 0.987. The zero-order chi connectivity index (χ0) is 37.5. The Hall–Kier alpha value is -4.64. The Morgan fingerprint density at radius 3 is 2.02 bits per heavy atom. The van der Waals surface area contributed by atoms with E-state index in [1.165, 1.54) is 52.0 Å². The third-order valence-corrected chi connectivity index (χ3v) is 12.6. The molecule has 2 unspecified atom stereocenters. The van der Waals surface area contributed by atoms with E-state index >= 15 is 0 Å². The highest BCUT2D eigenvalue weighted by Gasteiger charge is 2.41. The minimum absolute atomic E-state index is 0.110. The zero-order valence-electron chi connectivity index (χ0n) is 32.1. The Bertz CT molecular complexity index is 2250. The Morgan fingerprint density at radius 1 is 0.741 bits per heavy atom. The molecule has 3 fully saturated rings. The molecule has 2 bridgehead atoms. The second kappa shape index (κ2) is 13.0. The van der Waals surface area contributed by atoms with Gasteiger partial charge in [-0.2, -0.15) is 0 Å². The minimum Gasteiger partial charge on any atom is -0.444 e. The van der Waals surface area contributed by atoms with Crippen molar-refractivity contribution in [2.75, 3.05) is 13.1 Å². The van der Waals surface area contributed by atoms with E-state index in [1.54, 1.807) is 11.3 Å². The molecule has 2 aliphatic carbocycles. The number of nitrogens with zero attached hydrogens (tertiary/aromatic N) is 4. The lowest BCUT2D eigenvalue weighted by Crippen LogP contribution is -2.36. The molecular weight excluding hydrogens is 697 g/mol. The lowest BCUT2D eigenvalue weighted by molar-refractivity contribution is 0.0208. The van der Waals surface area contributed by atoms with Gasteiger partial charge >= 0.3 is 12.2 Å². The molecule has 3 aromatic heterocycles. The maximum atomic E-state index is 13.0. The second-order valence-electron chi connectivity index (χ2n) is 17.6. The Labute approximate surface area is 320 Å². The molecule has 2 aliphatic heterocycles. The number of imidazole rings is 2. The molecule has 4 aliphatic rings. The monoisotopic (exact) mass is 746 g/mol. The quantitative estimate of drug-likeness (QED) is 0.185. The normalized spacial score (nSPS) is 22.4. The molecule has 1 saturated carbocycles. The third-order valence-electron chi connectivity index (χ3n) is 11.5. The molecule has 0 spiro atoms. The number of hydrogen-bond acceptors (Lipinski definition) is 7. The van der Waals surface area contributed by atoms with Gasteiger partial charge in [0.1, 0.15) is 22.9 Å². The van der Waals surface area contributed by atoms with Gasteiger partial charge < -0.3 is 19.4 Å². The highest BCUT2D eigenvalue weighted by molar-refractivity contribution is 7.18. The fourth-order valence-electron chi connectivity index (χ4n) is 9.28. The van der Waals surface area contributed by atoms with Gasteiger partial charge in [0.15, 0.2) is 0 Å². The number of aromatic amines is 2. The Kier molecular flexibility index (Phi) is 8.44. The predicted molar refractivity (Wildman–Crippen MR) is 212 cm³/mol. The summed E-state index contributed by atoms with van der Waals surface area (Å²) in [5.41, 5.74) is 8.70. The Morgan fingerprint density at radius 2 is 1.35 bits per heavy atom. The molecule has 5 aromatic rings. The highest BCUT2D eigenvalue weighted by atomic mass is 32.1. The van der Waals surface area contributed by atoms with E-state index in [1.807, 2.05) is 57.5 Å². The second-order valence-corrected chi connectivity index (χ2v) is 18.6. The maximum Gasteiger partial charge on any atom is 0.410 e. The summed E-state index contributed by atoms with van der Waals surface area (Å²) in [5, 5.41) is 0. The first kappa shape index (κ1) is 35.1. The number of carbonyl (C=O) groups excluding carboxylic acids is 2. The molecule has 0 radical (unpaired) electrons. The number of aromatic nitrogens is 4. The largest absolute Gasteiger partial charge is 0.444 e. The first-order valence-corrected chi connectivity index (χ1v) is 20.4. The van der Waals surface area contributed by atoms with Gasteiger partial charge in [-0.25, -0.2) is 19.6 Å². The van der Waals surface area contributed by atoms with Crippen LogP contribution in [0.5, 0.6) is 0 Å². The van der Waals surface area contributed by atoms with Gasteiger partial charge in [0.05, 0.1) is 39.9 Å². The van der Waals surface area contributed by atoms with Crippen LogP contribution in [0.1, 0.15) is 133 Å². The van der Waals surface area contributed by atoms with Crippen molar-refractivity contribution >= 4 is 34.6 Å². The molecule has 4 atom stereocenters. The summed E-state index contributed by atoms with van der Waals surface area (Å²) in [7, 11) is 0.